The molecule has 0 unspecified atom stereocenters. The van der Waals surface area contributed by atoms with Crippen LogP contribution in [0.5, 0.6) is 0 Å². The predicted octanol–water partition coefficient (Wildman–Crippen LogP) is 3.43. The lowest BCUT2D eigenvalue weighted by Gasteiger charge is -2.37. The Hall–Kier alpha value is -1.97. The van der Waals surface area contributed by atoms with Crippen LogP contribution in [0.2, 0.25) is 13.1 Å². The summed E-state index contributed by atoms with van der Waals surface area (Å²) in [7, 11) is -1.51. The van der Waals surface area contributed by atoms with Crippen LogP contribution < -0.4 is 0 Å². The number of non-ortho nitro benzene ring substituents is 1. The number of carbonyl (C=O) groups excluding carboxylic acids is 1. The van der Waals surface area contributed by atoms with E-state index in [9.17, 15) is 20.0 Å². The van der Waals surface area contributed by atoms with Crippen molar-refractivity contribution in [1.29, 1.82) is 0 Å². The number of carbonyl (C=O) groups is 1. The average molecular weight is 411 g/mol. The number of amides is 1. The van der Waals surface area contributed by atoms with Gasteiger partial charge in [-0.3, -0.25) is 15.0 Å². The summed E-state index contributed by atoms with van der Waals surface area (Å²) < 4.78 is 11.6. The molecule has 1 amide bonds. The van der Waals surface area contributed by atoms with E-state index < -0.39 is 25.8 Å². The first-order valence-corrected chi connectivity index (χ1v) is 12.6. The molecule has 1 saturated heterocycles. The van der Waals surface area contributed by atoms with Gasteiger partial charge in [-0.25, -0.2) is 4.79 Å². The first-order valence-electron chi connectivity index (χ1n) is 9.77. The fourth-order valence-corrected chi connectivity index (χ4v) is 4.83. The SMILES string of the molecule is CCCC[C@H]1CN(C(=O)OCc2ccc([N+](=O)[O-])cc2)[C@](CO)(O[SiH](C)C)C1. The van der Waals surface area contributed by atoms with Crippen molar-refractivity contribution in [2.24, 2.45) is 5.92 Å². The van der Waals surface area contributed by atoms with Crippen molar-refractivity contribution in [2.45, 2.75) is 58.0 Å². The Morgan fingerprint density at radius 3 is 2.61 bits per heavy atom. The molecule has 1 heterocycles. The number of ether oxygens (including phenoxy) is 1. The highest BCUT2D eigenvalue weighted by atomic mass is 28.3. The maximum atomic E-state index is 12.8. The molecule has 0 saturated carbocycles. The van der Waals surface area contributed by atoms with Gasteiger partial charge >= 0.3 is 6.09 Å². The summed E-state index contributed by atoms with van der Waals surface area (Å²) >= 11 is 0. The molecular formula is C19H30N2O6Si. The molecule has 1 aliphatic heterocycles. The first-order chi connectivity index (χ1) is 13.3. The Bertz CT molecular complexity index is 669. The Balaban J connectivity index is 2.07. The van der Waals surface area contributed by atoms with E-state index in [0.29, 0.717) is 18.5 Å². The molecular weight excluding hydrogens is 380 g/mol. The number of unbranched alkanes of at least 4 members (excludes halogenated alkanes) is 1. The van der Waals surface area contributed by atoms with Crippen molar-refractivity contribution in [3.8, 4) is 0 Å². The number of nitro benzene ring substituents is 1. The Kier molecular flexibility index (Phi) is 7.96. The molecule has 1 fully saturated rings. The maximum Gasteiger partial charge on any atom is 0.412 e. The molecule has 1 aromatic carbocycles. The molecule has 0 spiro atoms. The highest BCUT2D eigenvalue weighted by molar-refractivity contribution is 6.48. The van der Waals surface area contributed by atoms with Crippen LogP contribution in [0, 0.1) is 16.0 Å². The zero-order chi connectivity index (χ0) is 20.7. The third-order valence-corrected chi connectivity index (χ3v) is 5.85. The van der Waals surface area contributed by atoms with Gasteiger partial charge in [-0.2, -0.15) is 0 Å². The van der Waals surface area contributed by atoms with E-state index in [-0.39, 0.29) is 24.8 Å². The fourth-order valence-electron chi connectivity index (χ4n) is 3.65. The van der Waals surface area contributed by atoms with Gasteiger partial charge < -0.3 is 14.3 Å². The number of likely N-dealkylation sites (tertiary alicyclic amines) is 1. The Morgan fingerprint density at radius 1 is 1.39 bits per heavy atom. The van der Waals surface area contributed by atoms with Gasteiger partial charge in [0.15, 0.2) is 14.8 Å². The number of nitro groups is 1. The highest BCUT2D eigenvalue weighted by Crippen LogP contribution is 2.37. The topological polar surface area (TPSA) is 102 Å². The first kappa shape index (κ1) is 22.3. The summed E-state index contributed by atoms with van der Waals surface area (Å²) in [5, 5.41) is 20.8. The van der Waals surface area contributed by atoms with E-state index in [1.54, 1.807) is 12.1 Å². The van der Waals surface area contributed by atoms with Gasteiger partial charge in [0, 0.05) is 25.1 Å². The molecule has 156 valence electrons. The molecule has 1 aromatic rings. The summed E-state index contributed by atoms with van der Waals surface area (Å²) in [6, 6.07) is 5.89. The smallest absolute Gasteiger partial charge is 0.412 e. The average Bonchev–Trinajstić information content (AvgIpc) is 3.03. The van der Waals surface area contributed by atoms with Gasteiger partial charge in [0.2, 0.25) is 0 Å². The van der Waals surface area contributed by atoms with Crippen molar-refractivity contribution in [3.05, 3.63) is 39.9 Å². The Morgan fingerprint density at radius 2 is 2.07 bits per heavy atom. The molecule has 1 N–H and O–H groups in total. The molecule has 0 aromatic heterocycles. The van der Waals surface area contributed by atoms with Gasteiger partial charge in [-0.05, 0) is 43.1 Å². The van der Waals surface area contributed by atoms with Crippen molar-refractivity contribution in [3.63, 3.8) is 0 Å². The second-order valence-corrected chi connectivity index (χ2v) is 9.91. The number of benzene rings is 1. The number of hydrogen-bond donors (Lipinski definition) is 1. The quantitative estimate of drug-likeness (QED) is 0.380. The molecule has 0 aliphatic carbocycles. The Labute approximate surface area is 167 Å². The van der Waals surface area contributed by atoms with E-state index >= 15 is 0 Å². The van der Waals surface area contributed by atoms with Gasteiger partial charge in [0.05, 0.1) is 11.5 Å². The van der Waals surface area contributed by atoms with Crippen molar-refractivity contribution in [1.82, 2.24) is 4.90 Å². The predicted molar refractivity (Wildman–Crippen MR) is 107 cm³/mol. The molecule has 9 heteroatoms. The summed E-state index contributed by atoms with van der Waals surface area (Å²) in [5.41, 5.74) is -0.358. The van der Waals surface area contributed by atoms with Crippen LogP contribution in [0.3, 0.4) is 0 Å². The minimum absolute atomic E-state index is 0.00751. The van der Waals surface area contributed by atoms with E-state index in [2.05, 4.69) is 6.92 Å². The third kappa shape index (κ3) is 5.52. The number of aliphatic hydroxyl groups is 1. The van der Waals surface area contributed by atoms with Gasteiger partial charge in [0.1, 0.15) is 6.61 Å². The molecule has 2 atom stereocenters. The summed E-state index contributed by atoms with van der Waals surface area (Å²) in [6.45, 7) is 6.40. The summed E-state index contributed by atoms with van der Waals surface area (Å²) in [6.07, 6.45) is 3.21. The number of nitrogens with zero attached hydrogens (tertiary/aromatic N) is 2. The van der Waals surface area contributed by atoms with Crippen LogP contribution in [0.15, 0.2) is 24.3 Å². The lowest BCUT2D eigenvalue weighted by molar-refractivity contribution is -0.384. The number of hydrogen-bond acceptors (Lipinski definition) is 6. The highest BCUT2D eigenvalue weighted by Gasteiger charge is 2.49. The summed E-state index contributed by atoms with van der Waals surface area (Å²) in [4.78, 5) is 24.6. The number of rotatable bonds is 9. The minimum atomic E-state index is -1.51. The zero-order valence-corrected chi connectivity index (χ0v) is 18.0. The number of aliphatic hydroxyl groups excluding tert-OH is 1. The third-order valence-electron chi connectivity index (χ3n) is 4.94. The lowest BCUT2D eigenvalue weighted by Crippen LogP contribution is -2.54. The van der Waals surface area contributed by atoms with Crippen LogP contribution in [0.25, 0.3) is 0 Å². The molecule has 0 radical (unpaired) electrons. The second kappa shape index (κ2) is 9.99. The second-order valence-electron chi connectivity index (χ2n) is 7.57. The van der Waals surface area contributed by atoms with E-state index in [1.807, 2.05) is 13.1 Å². The largest absolute Gasteiger partial charge is 0.444 e. The van der Waals surface area contributed by atoms with E-state index in [1.165, 1.54) is 17.0 Å². The van der Waals surface area contributed by atoms with E-state index in [4.69, 9.17) is 9.16 Å². The summed E-state index contributed by atoms with van der Waals surface area (Å²) in [5.74, 6) is 0.270. The van der Waals surface area contributed by atoms with Crippen LogP contribution in [-0.4, -0.2) is 48.9 Å². The van der Waals surface area contributed by atoms with Crippen LogP contribution >= 0.6 is 0 Å². The molecule has 28 heavy (non-hydrogen) atoms. The fraction of sp³-hybridized carbons (Fsp3) is 0.632. The normalized spacial score (nSPS) is 21.9. The minimum Gasteiger partial charge on any atom is -0.444 e. The van der Waals surface area contributed by atoms with Gasteiger partial charge in [-0.1, -0.05) is 19.8 Å². The van der Waals surface area contributed by atoms with Crippen molar-refractivity contribution in [2.75, 3.05) is 13.2 Å². The monoisotopic (exact) mass is 410 g/mol. The molecule has 8 nitrogen and oxygen atoms in total. The lowest BCUT2D eigenvalue weighted by atomic mass is 9.98. The van der Waals surface area contributed by atoms with E-state index in [0.717, 1.165) is 19.3 Å². The van der Waals surface area contributed by atoms with Crippen molar-refractivity contribution >= 4 is 20.8 Å². The maximum absolute atomic E-state index is 12.8. The molecule has 2 rings (SSSR count). The van der Waals surface area contributed by atoms with Crippen LogP contribution in [0.1, 0.15) is 38.2 Å². The van der Waals surface area contributed by atoms with Crippen LogP contribution in [-0.2, 0) is 15.8 Å². The standard InChI is InChI=1S/C19H30N2O6Si/c1-4-5-6-16-11-19(14-22,27-28(2)3)20(12-16)18(23)26-13-15-7-9-17(10-8-15)21(24)25/h7-10,16,22,28H,4-6,11-14H2,1-3H3/t16-,19+/m1/s1. The van der Waals surface area contributed by atoms with Crippen molar-refractivity contribution < 1.29 is 24.0 Å². The van der Waals surface area contributed by atoms with Crippen LogP contribution in [0.4, 0.5) is 10.5 Å². The van der Waals surface area contributed by atoms with Gasteiger partial charge in [-0.15, -0.1) is 0 Å². The molecule has 0 bridgehead atoms. The van der Waals surface area contributed by atoms with Gasteiger partial charge in [0.25, 0.3) is 5.69 Å². The molecule has 1 aliphatic rings. The zero-order valence-electron chi connectivity index (χ0n) is 16.8.